The average Bonchev–Trinajstić information content (AvgIpc) is 3.03. The summed E-state index contributed by atoms with van der Waals surface area (Å²) in [6, 6.07) is 5.73. The van der Waals surface area contributed by atoms with Crippen LogP contribution in [-0.2, 0) is 20.7 Å². The van der Waals surface area contributed by atoms with Crippen molar-refractivity contribution in [2.45, 2.75) is 45.2 Å². The molecule has 9 heteroatoms. The molecule has 0 radical (unpaired) electrons. The molecule has 2 aliphatic heterocycles. The van der Waals surface area contributed by atoms with Crippen LogP contribution in [0.3, 0.4) is 0 Å². The molecule has 3 heterocycles. The molecule has 0 spiro atoms. The molecule has 1 aromatic carbocycles. The Kier molecular flexibility index (Phi) is 7.62. The summed E-state index contributed by atoms with van der Waals surface area (Å²) in [4.78, 5) is 24.1. The van der Waals surface area contributed by atoms with E-state index in [4.69, 9.17) is 9.47 Å². The van der Waals surface area contributed by atoms with Crippen LogP contribution in [0.2, 0.25) is 0 Å². The van der Waals surface area contributed by atoms with Gasteiger partial charge in [-0.3, -0.25) is 9.69 Å². The lowest BCUT2D eigenvalue weighted by molar-refractivity contribution is -0.115. The van der Waals surface area contributed by atoms with Gasteiger partial charge in [0, 0.05) is 42.0 Å². The quantitative estimate of drug-likeness (QED) is 0.524. The number of morpholine rings is 1. The second-order valence-corrected chi connectivity index (χ2v) is 9.45. The highest BCUT2D eigenvalue weighted by Gasteiger charge is 2.36. The number of nitrogens with zero attached hydrogens (tertiary/aromatic N) is 3. The number of benzene rings is 1. The number of aromatic nitrogens is 2. The third-order valence-electron chi connectivity index (χ3n) is 6.98. The monoisotopic (exact) mass is 505 g/mol. The van der Waals surface area contributed by atoms with Crippen LogP contribution in [0.5, 0.6) is 0 Å². The van der Waals surface area contributed by atoms with Gasteiger partial charge in [0.1, 0.15) is 23.7 Å². The maximum Gasteiger partial charge on any atom is 0.248 e. The fourth-order valence-corrected chi connectivity index (χ4v) is 5.08. The van der Waals surface area contributed by atoms with Crippen molar-refractivity contribution in [2.75, 3.05) is 31.7 Å². The van der Waals surface area contributed by atoms with Gasteiger partial charge in [-0.05, 0) is 56.9 Å². The van der Waals surface area contributed by atoms with Crippen molar-refractivity contribution in [1.29, 1.82) is 0 Å². The van der Waals surface area contributed by atoms with Crippen LogP contribution in [0, 0.1) is 12.7 Å². The second kappa shape index (κ2) is 11.2. The summed E-state index contributed by atoms with van der Waals surface area (Å²) >= 11 is 0. The van der Waals surface area contributed by atoms with Gasteiger partial charge in [0.15, 0.2) is 0 Å². The first-order chi connectivity index (χ1) is 18.0. The Morgan fingerprint density at radius 3 is 2.84 bits per heavy atom. The Morgan fingerprint density at radius 2 is 2.08 bits per heavy atom. The van der Waals surface area contributed by atoms with Gasteiger partial charge in [0.05, 0.1) is 31.2 Å². The number of allylic oxidation sites excluding steroid dienone is 1. The molecule has 2 aromatic rings. The van der Waals surface area contributed by atoms with E-state index in [0.29, 0.717) is 53.6 Å². The van der Waals surface area contributed by atoms with Crippen LogP contribution in [0.4, 0.5) is 15.9 Å². The number of amides is 1. The molecule has 2 N–H and O–H groups in total. The lowest BCUT2D eigenvalue weighted by atomic mass is 10.1. The van der Waals surface area contributed by atoms with Crippen molar-refractivity contribution in [2.24, 2.45) is 0 Å². The Hall–Kier alpha value is -3.56. The molecule has 0 saturated carbocycles. The van der Waals surface area contributed by atoms with Gasteiger partial charge in [0.2, 0.25) is 5.91 Å². The summed E-state index contributed by atoms with van der Waals surface area (Å²) in [5.74, 6) is 0.684. The maximum absolute atomic E-state index is 13.7. The average molecular weight is 506 g/mol. The van der Waals surface area contributed by atoms with Crippen molar-refractivity contribution in [1.82, 2.24) is 20.2 Å². The fourth-order valence-electron chi connectivity index (χ4n) is 5.08. The number of ether oxygens (including phenoxy) is 2. The molecule has 5 rings (SSSR count). The molecular weight excluding hydrogens is 473 g/mol. The van der Waals surface area contributed by atoms with E-state index >= 15 is 0 Å². The van der Waals surface area contributed by atoms with E-state index in [2.05, 4.69) is 25.5 Å². The first-order valence-electron chi connectivity index (χ1n) is 12.7. The highest BCUT2D eigenvalue weighted by Crippen LogP contribution is 2.29. The highest BCUT2D eigenvalue weighted by molar-refractivity contribution is 5.89. The van der Waals surface area contributed by atoms with Crippen molar-refractivity contribution in [3.05, 3.63) is 76.8 Å². The minimum Gasteiger partial charge on any atom is -0.492 e. The van der Waals surface area contributed by atoms with Gasteiger partial charge in [-0.25, -0.2) is 14.4 Å². The predicted octanol–water partition coefficient (Wildman–Crippen LogP) is 4.02. The van der Waals surface area contributed by atoms with E-state index in [9.17, 15) is 9.18 Å². The fraction of sp³-hybridized carbons (Fsp3) is 0.393. The number of anilines is 2. The number of fused-ring (bicyclic) bond motifs is 3. The Balaban J connectivity index is 1.30. The number of aryl methyl sites for hydroxylation is 1. The first kappa shape index (κ1) is 25.1. The van der Waals surface area contributed by atoms with Gasteiger partial charge in [-0.15, -0.1) is 0 Å². The Bertz CT molecular complexity index is 1240. The number of carbonyl (C=O) groups excluding carboxylic acids is 1. The van der Waals surface area contributed by atoms with E-state index in [0.717, 1.165) is 43.9 Å². The number of rotatable bonds is 8. The summed E-state index contributed by atoms with van der Waals surface area (Å²) < 4.78 is 25.2. The molecule has 2 bridgehead atoms. The molecule has 8 nitrogen and oxygen atoms in total. The number of hydrogen-bond donors (Lipinski definition) is 2. The number of nitrogens with one attached hydrogen (secondary N) is 2. The van der Waals surface area contributed by atoms with Gasteiger partial charge >= 0.3 is 0 Å². The molecule has 1 aromatic heterocycles. The highest BCUT2D eigenvalue weighted by atomic mass is 19.1. The van der Waals surface area contributed by atoms with Gasteiger partial charge < -0.3 is 20.1 Å². The summed E-state index contributed by atoms with van der Waals surface area (Å²) in [7, 11) is 0. The van der Waals surface area contributed by atoms with Crippen molar-refractivity contribution in [3.63, 3.8) is 0 Å². The zero-order chi connectivity index (χ0) is 25.8. The summed E-state index contributed by atoms with van der Waals surface area (Å²) in [5, 5.41) is 6.25. The zero-order valence-electron chi connectivity index (χ0n) is 21.2. The Labute approximate surface area is 216 Å². The topological polar surface area (TPSA) is 88.6 Å². The molecule has 2 saturated heterocycles. The van der Waals surface area contributed by atoms with Gasteiger partial charge in [-0.1, -0.05) is 12.2 Å². The molecule has 2 unspecified atom stereocenters. The number of hydrogen-bond acceptors (Lipinski definition) is 7. The number of halogens is 1. The van der Waals surface area contributed by atoms with Gasteiger partial charge in [-0.2, -0.15) is 0 Å². The lowest BCUT2D eigenvalue weighted by Gasteiger charge is -2.33. The first-order valence-corrected chi connectivity index (χ1v) is 12.7. The molecule has 1 amide bonds. The van der Waals surface area contributed by atoms with Crippen LogP contribution in [-0.4, -0.2) is 59.2 Å². The third-order valence-corrected chi connectivity index (χ3v) is 6.98. The SMILES string of the molecule is CCOC1=Cc2ncnc(Nc3ccc(F)c(C)c3)c2CC=C1NC(=O)/C=C/CN1C2CCC1COC2. The van der Waals surface area contributed by atoms with Crippen LogP contribution < -0.4 is 10.6 Å². The van der Waals surface area contributed by atoms with E-state index in [1.165, 1.54) is 12.4 Å². The molecule has 37 heavy (non-hydrogen) atoms. The van der Waals surface area contributed by atoms with Crippen LogP contribution in [0.15, 0.2) is 54.2 Å². The van der Waals surface area contributed by atoms with E-state index in [1.807, 2.05) is 25.2 Å². The predicted molar refractivity (Wildman–Crippen MR) is 139 cm³/mol. The van der Waals surface area contributed by atoms with Crippen molar-refractivity contribution < 1.29 is 18.7 Å². The van der Waals surface area contributed by atoms with E-state index in [-0.39, 0.29) is 11.7 Å². The van der Waals surface area contributed by atoms with Crippen LogP contribution in [0.25, 0.3) is 6.08 Å². The third kappa shape index (κ3) is 5.73. The van der Waals surface area contributed by atoms with E-state index in [1.54, 1.807) is 25.1 Å². The largest absolute Gasteiger partial charge is 0.492 e. The van der Waals surface area contributed by atoms with Crippen molar-refractivity contribution >= 4 is 23.5 Å². The standard InChI is InChI=1S/C28H32FN5O3/c1-3-37-26-14-25-22(28(31-17-30-25)32-19-6-10-23(29)18(2)13-19)9-11-24(26)33-27(35)5-4-12-34-20-7-8-21(34)16-36-15-20/h4-6,10-11,13-14,17,20-21H,3,7-9,12,15-16H2,1-2H3,(H,33,35)(H,30,31,32)/b5-4+. The maximum atomic E-state index is 13.7. The molecule has 2 fully saturated rings. The van der Waals surface area contributed by atoms with E-state index < -0.39 is 0 Å². The lowest BCUT2D eigenvalue weighted by Crippen LogP contribution is -2.45. The molecule has 2 atom stereocenters. The summed E-state index contributed by atoms with van der Waals surface area (Å²) in [5.41, 5.74) is 3.41. The van der Waals surface area contributed by atoms with Crippen LogP contribution in [0.1, 0.15) is 36.6 Å². The summed E-state index contributed by atoms with van der Waals surface area (Å²) in [6.07, 6.45) is 11.5. The second-order valence-electron chi connectivity index (χ2n) is 9.45. The molecule has 194 valence electrons. The normalized spacial score (nSPS) is 21.2. The molecule has 3 aliphatic rings. The minimum atomic E-state index is -0.258. The summed E-state index contributed by atoms with van der Waals surface area (Å²) in [6.45, 7) is 6.33. The smallest absolute Gasteiger partial charge is 0.248 e. The molecular formula is C28H32FN5O3. The minimum absolute atomic E-state index is 0.213. The van der Waals surface area contributed by atoms with Crippen LogP contribution >= 0.6 is 0 Å². The number of carbonyl (C=O) groups is 1. The molecule has 1 aliphatic carbocycles. The van der Waals surface area contributed by atoms with Gasteiger partial charge in [0.25, 0.3) is 0 Å². The van der Waals surface area contributed by atoms with Crippen molar-refractivity contribution in [3.8, 4) is 0 Å². The Morgan fingerprint density at radius 1 is 1.27 bits per heavy atom. The zero-order valence-corrected chi connectivity index (χ0v) is 21.2.